The molecule has 0 radical (unpaired) electrons. The van der Waals surface area contributed by atoms with Crippen LogP contribution in [-0.4, -0.2) is 26.4 Å². The van der Waals surface area contributed by atoms with E-state index in [-0.39, 0.29) is 0 Å². The largest absolute Gasteiger partial charge is 0.382 e. The summed E-state index contributed by atoms with van der Waals surface area (Å²) in [4.78, 5) is 0. The summed E-state index contributed by atoms with van der Waals surface area (Å²) in [6.45, 7) is 6.65. The fourth-order valence-corrected chi connectivity index (χ4v) is 2.88. The molecule has 1 aromatic carbocycles. The smallest absolute Gasteiger partial charge is 0.0718 e. The van der Waals surface area contributed by atoms with Crippen molar-refractivity contribution in [3.8, 4) is 0 Å². The minimum absolute atomic E-state index is 0.485. The Labute approximate surface area is 122 Å². The van der Waals surface area contributed by atoms with Crippen molar-refractivity contribution >= 4 is 5.69 Å². The SMILES string of the molecule is COCCOCc1cccc(NC2CCC(C)(C)C2)c1. The number of methoxy groups -OCH3 is 1. The minimum Gasteiger partial charge on any atom is -0.382 e. The van der Waals surface area contributed by atoms with Crippen molar-refractivity contribution in [3.05, 3.63) is 29.8 Å². The van der Waals surface area contributed by atoms with Crippen LogP contribution in [0.15, 0.2) is 24.3 Å². The highest BCUT2D eigenvalue weighted by atomic mass is 16.5. The van der Waals surface area contributed by atoms with Gasteiger partial charge in [-0.3, -0.25) is 0 Å². The fraction of sp³-hybridized carbons (Fsp3) is 0.647. The van der Waals surface area contributed by atoms with Crippen LogP contribution in [0, 0.1) is 5.41 Å². The molecule has 0 bridgehead atoms. The molecule has 2 rings (SSSR count). The van der Waals surface area contributed by atoms with E-state index in [0.29, 0.717) is 31.3 Å². The lowest BCUT2D eigenvalue weighted by molar-refractivity contribution is 0.0617. The Bertz CT molecular complexity index is 417. The van der Waals surface area contributed by atoms with Gasteiger partial charge in [0.25, 0.3) is 0 Å². The van der Waals surface area contributed by atoms with Gasteiger partial charge in [-0.15, -0.1) is 0 Å². The summed E-state index contributed by atoms with van der Waals surface area (Å²) < 4.78 is 10.5. The van der Waals surface area contributed by atoms with Crippen molar-refractivity contribution in [1.29, 1.82) is 0 Å². The van der Waals surface area contributed by atoms with E-state index in [1.54, 1.807) is 7.11 Å². The number of benzene rings is 1. The molecule has 1 fully saturated rings. The maximum absolute atomic E-state index is 5.57. The van der Waals surface area contributed by atoms with Gasteiger partial charge in [0.1, 0.15) is 0 Å². The first kappa shape index (κ1) is 15.3. The van der Waals surface area contributed by atoms with E-state index in [2.05, 4.69) is 43.4 Å². The number of hydrogen-bond donors (Lipinski definition) is 1. The molecule has 3 nitrogen and oxygen atoms in total. The number of anilines is 1. The number of rotatable bonds is 7. The quantitative estimate of drug-likeness (QED) is 0.768. The second-order valence-electron chi connectivity index (χ2n) is 6.49. The molecule has 1 unspecified atom stereocenters. The predicted octanol–water partition coefficient (Wildman–Crippen LogP) is 3.84. The van der Waals surface area contributed by atoms with Crippen molar-refractivity contribution in [1.82, 2.24) is 0 Å². The van der Waals surface area contributed by atoms with Gasteiger partial charge in [-0.05, 0) is 42.4 Å². The van der Waals surface area contributed by atoms with Crippen LogP contribution in [-0.2, 0) is 16.1 Å². The lowest BCUT2D eigenvalue weighted by Crippen LogP contribution is -2.17. The van der Waals surface area contributed by atoms with Gasteiger partial charge in [-0.2, -0.15) is 0 Å². The molecular weight excluding hydrogens is 250 g/mol. The Balaban J connectivity index is 1.83. The molecule has 0 spiro atoms. The van der Waals surface area contributed by atoms with Crippen LogP contribution in [0.4, 0.5) is 5.69 Å². The Kier molecular flexibility index (Phi) is 5.44. The molecule has 3 heteroatoms. The Morgan fingerprint density at radius 3 is 2.85 bits per heavy atom. The summed E-state index contributed by atoms with van der Waals surface area (Å²) in [6.07, 6.45) is 3.83. The second-order valence-corrected chi connectivity index (χ2v) is 6.49. The van der Waals surface area contributed by atoms with E-state index in [1.807, 2.05) is 0 Å². The zero-order valence-electron chi connectivity index (χ0n) is 12.9. The van der Waals surface area contributed by atoms with Crippen LogP contribution in [0.5, 0.6) is 0 Å². The fourth-order valence-electron chi connectivity index (χ4n) is 2.88. The molecule has 0 aromatic heterocycles. The Hall–Kier alpha value is -1.06. The van der Waals surface area contributed by atoms with E-state index < -0.39 is 0 Å². The van der Waals surface area contributed by atoms with Crippen LogP contribution in [0.2, 0.25) is 0 Å². The lowest BCUT2D eigenvalue weighted by Gasteiger charge is -2.19. The van der Waals surface area contributed by atoms with Gasteiger partial charge in [-0.1, -0.05) is 26.0 Å². The molecule has 20 heavy (non-hydrogen) atoms. The topological polar surface area (TPSA) is 30.5 Å². The molecule has 1 aromatic rings. The highest BCUT2D eigenvalue weighted by molar-refractivity contribution is 5.46. The maximum Gasteiger partial charge on any atom is 0.0718 e. The van der Waals surface area contributed by atoms with Crippen molar-refractivity contribution in [2.45, 2.75) is 45.8 Å². The van der Waals surface area contributed by atoms with E-state index in [0.717, 1.165) is 0 Å². The molecule has 0 amide bonds. The average Bonchev–Trinajstić information content (AvgIpc) is 2.74. The van der Waals surface area contributed by atoms with Gasteiger partial charge in [-0.25, -0.2) is 0 Å². The Morgan fingerprint density at radius 2 is 2.15 bits per heavy atom. The lowest BCUT2D eigenvalue weighted by atomic mass is 9.92. The maximum atomic E-state index is 5.57. The molecule has 1 aliphatic carbocycles. The molecule has 112 valence electrons. The van der Waals surface area contributed by atoms with Gasteiger partial charge in [0.15, 0.2) is 0 Å². The highest BCUT2D eigenvalue weighted by Crippen LogP contribution is 2.38. The molecule has 0 heterocycles. The first-order valence-corrected chi connectivity index (χ1v) is 7.51. The first-order chi connectivity index (χ1) is 9.59. The third-order valence-electron chi connectivity index (χ3n) is 3.97. The number of hydrogen-bond acceptors (Lipinski definition) is 3. The van der Waals surface area contributed by atoms with E-state index in [1.165, 1.54) is 30.5 Å². The monoisotopic (exact) mass is 277 g/mol. The van der Waals surface area contributed by atoms with Crippen molar-refractivity contribution in [2.24, 2.45) is 5.41 Å². The minimum atomic E-state index is 0.485. The summed E-state index contributed by atoms with van der Waals surface area (Å²) in [6, 6.07) is 9.14. The van der Waals surface area contributed by atoms with E-state index in [4.69, 9.17) is 9.47 Å². The third-order valence-corrected chi connectivity index (χ3v) is 3.97. The highest BCUT2D eigenvalue weighted by Gasteiger charge is 2.30. The van der Waals surface area contributed by atoms with Crippen molar-refractivity contribution in [3.63, 3.8) is 0 Å². The average molecular weight is 277 g/mol. The van der Waals surface area contributed by atoms with Gasteiger partial charge in [0.2, 0.25) is 0 Å². The van der Waals surface area contributed by atoms with Crippen LogP contribution < -0.4 is 5.32 Å². The number of nitrogens with one attached hydrogen (secondary N) is 1. The third kappa shape index (κ3) is 4.80. The van der Waals surface area contributed by atoms with Gasteiger partial charge in [0, 0.05) is 18.8 Å². The second kappa shape index (κ2) is 7.09. The standard InChI is InChI=1S/C17H27NO2/c1-17(2)8-7-16(12-17)18-15-6-4-5-14(11-15)13-20-10-9-19-3/h4-6,11,16,18H,7-10,12-13H2,1-3H3. The van der Waals surface area contributed by atoms with Crippen molar-refractivity contribution < 1.29 is 9.47 Å². The summed E-state index contributed by atoms with van der Waals surface area (Å²) in [5.74, 6) is 0. The summed E-state index contributed by atoms with van der Waals surface area (Å²) in [5, 5.41) is 3.66. The molecular formula is C17H27NO2. The van der Waals surface area contributed by atoms with Crippen LogP contribution in [0.3, 0.4) is 0 Å². The van der Waals surface area contributed by atoms with Crippen molar-refractivity contribution in [2.75, 3.05) is 25.6 Å². The zero-order valence-corrected chi connectivity index (χ0v) is 12.9. The van der Waals surface area contributed by atoms with E-state index in [9.17, 15) is 0 Å². The summed E-state index contributed by atoms with van der Waals surface area (Å²) in [5.41, 5.74) is 2.90. The summed E-state index contributed by atoms with van der Waals surface area (Å²) >= 11 is 0. The molecule has 1 N–H and O–H groups in total. The molecule has 0 saturated heterocycles. The van der Waals surface area contributed by atoms with Gasteiger partial charge < -0.3 is 14.8 Å². The van der Waals surface area contributed by atoms with E-state index >= 15 is 0 Å². The molecule has 1 atom stereocenters. The zero-order chi connectivity index (χ0) is 14.4. The Morgan fingerprint density at radius 1 is 1.30 bits per heavy atom. The van der Waals surface area contributed by atoms with Crippen LogP contribution in [0.1, 0.15) is 38.7 Å². The molecule has 0 aliphatic heterocycles. The molecule has 1 saturated carbocycles. The first-order valence-electron chi connectivity index (χ1n) is 7.51. The molecule has 1 aliphatic rings. The predicted molar refractivity (Wildman–Crippen MR) is 83.0 cm³/mol. The van der Waals surface area contributed by atoms with Gasteiger partial charge >= 0.3 is 0 Å². The normalized spacial score (nSPS) is 21.1. The van der Waals surface area contributed by atoms with Crippen LogP contribution in [0.25, 0.3) is 0 Å². The van der Waals surface area contributed by atoms with Gasteiger partial charge in [0.05, 0.1) is 19.8 Å². The number of ether oxygens (including phenoxy) is 2. The summed E-state index contributed by atoms with van der Waals surface area (Å²) in [7, 11) is 1.69. The van der Waals surface area contributed by atoms with Crippen LogP contribution >= 0.6 is 0 Å².